The zero-order chi connectivity index (χ0) is 33.7. The van der Waals surface area contributed by atoms with E-state index in [1.54, 1.807) is 30.5 Å². The molecule has 4 heterocycles. The number of halogens is 2. The molecule has 7 rings (SSSR count). The molecule has 0 aliphatic carbocycles. The van der Waals surface area contributed by atoms with Gasteiger partial charge in [-0.25, -0.2) is 4.98 Å². The number of anilines is 2. The first kappa shape index (κ1) is 32.8. The number of piperazine rings is 1. The van der Waals surface area contributed by atoms with Crippen LogP contribution >= 0.6 is 23.2 Å². The maximum absolute atomic E-state index is 13.4. The largest absolute Gasteiger partial charge is 0.462 e. The van der Waals surface area contributed by atoms with E-state index in [-0.39, 0.29) is 24.6 Å². The Morgan fingerprint density at radius 1 is 0.918 bits per heavy atom. The predicted molar refractivity (Wildman–Crippen MR) is 188 cm³/mol. The van der Waals surface area contributed by atoms with Gasteiger partial charge in [0, 0.05) is 50.0 Å². The molecule has 2 amide bonds. The Morgan fingerprint density at radius 3 is 2.49 bits per heavy atom. The molecule has 1 N–H and O–H groups in total. The van der Waals surface area contributed by atoms with Crippen LogP contribution in [0.5, 0.6) is 11.6 Å². The van der Waals surface area contributed by atoms with Gasteiger partial charge in [-0.3, -0.25) is 14.5 Å². The molecule has 252 valence electrons. The number of pyridine rings is 1. The van der Waals surface area contributed by atoms with Crippen LogP contribution in [0.2, 0.25) is 10.0 Å². The second kappa shape index (κ2) is 14.8. The summed E-state index contributed by atoms with van der Waals surface area (Å²) in [7, 11) is 0. The Kier molecular flexibility index (Phi) is 9.88. The fourth-order valence-corrected chi connectivity index (χ4v) is 6.67. The maximum atomic E-state index is 13.4. The van der Waals surface area contributed by atoms with Crippen molar-refractivity contribution in [3.05, 3.63) is 124 Å². The van der Waals surface area contributed by atoms with Gasteiger partial charge in [0.1, 0.15) is 12.0 Å². The van der Waals surface area contributed by atoms with E-state index in [4.69, 9.17) is 37.4 Å². The zero-order valence-electron chi connectivity index (χ0n) is 26.7. The van der Waals surface area contributed by atoms with Crippen molar-refractivity contribution in [3.8, 4) is 11.6 Å². The average Bonchev–Trinajstić information content (AvgIpc) is 3.80. The summed E-state index contributed by atoms with van der Waals surface area (Å²) in [6.07, 6.45) is 4.89. The lowest BCUT2D eigenvalue weighted by Gasteiger charge is -2.39. The Bertz CT molecular complexity index is 1850. The molecule has 0 saturated carbocycles. The summed E-state index contributed by atoms with van der Waals surface area (Å²) in [6, 6.07) is 24.4. The standard InChI is InChI=1S/C37H35Cl2N5O5/c38-30-9-6-27(20-31(30)39)37(46)41-28-7-11-35(40-21-28)49-29-8-10-32-26(19-29)12-13-44(32)22-36(45)43-16-14-42(15-17-43)33(34-23-47-24-48-34)18-25-4-2-1-3-5-25/h1-11,19-21,23,33H,12-18,22,24H2,(H,41,46). The lowest BCUT2D eigenvalue weighted by atomic mass is 10.0. The number of amides is 2. The van der Waals surface area contributed by atoms with E-state index in [1.807, 2.05) is 29.2 Å². The first-order valence-corrected chi connectivity index (χ1v) is 16.9. The molecule has 1 aromatic heterocycles. The number of hydrogen-bond donors (Lipinski definition) is 1. The summed E-state index contributed by atoms with van der Waals surface area (Å²) in [5.41, 5.74) is 4.30. The van der Waals surface area contributed by atoms with Crippen LogP contribution in [-0.4, -0.2) is 78.7 Å². The molecule has 0 bridgehead atoms. The predicted octanol–water partition coefficient (Wildman–Crippen LogP) is 6.40. The number of benzene rings is 3. The van der Waals surface area contributed by atoms with Crippen molar-refractivity contribution in [1.29, 1.82) is 0 Å². The Labute approximate surface area is 294 Å². The monoisotopic (exact) mass is 699 g/mol. The van der Waals surface area contributed by atoms with Crippen LogP contribution in [0, 0.1) is 0 Å². The van der Waals surface area contributed by atoms with E-state index >= 15 is 0 Å². The van der Waals surface area contributed by atoms with Crippen LogP contribution in [0.1, 0.15) is 21.5 Å². The van der Waals surface area contributed by atoms with Gasteiger partial charge in [0.25, 0.3) is 5.91 Å². The van der Waals surface area contributed by atoms with Crippen molar-refractivity contribution in [1.82, 2.24) is 14.8 Å². The summed E-state index contributed by atoms with van der Waals surface area (Å²) in [4.78, 5) is 36.9. The van der Waals surface area contributed by atoms with Crippen molar-refractivity contribution in [2.75, 3.05) is 56.3 Å². The zero-order valence-corrected chi connectivity index (χ0v) is 28.2. The number of fused-ring (bicyclic) bond motifs is 1. The van der Waals surface area contributed by atoms with E-state index in [9.17, 15) is 9.59 Å². The minimum atomic E-state index is -0.326. The minimum absolute atomic E-state index is 0.0678. The molecule has 0 spiro atoms. The molecule has 1 saturated heterocycles. The molecular formula is C37H35Cl2N5O5. The van der Waals surface area contributed by atoms with Gasteiger partial charge in [-0.15, -0.1) is 0 Å². The Morgan fingerprint density at radius 2 is 1.76 bits per heavy atom. The normalized spacial score (nSPS) is 16.3. The molecule has 12 heteroatoms. The number of carbonyl (C=O) groups excluding carboxylic acids is 2. The highest BCUT2D eigenvalue weighted by Crippen LogP contribution is 2.33. The second-order valence-electron chi connectivity index (χ2n) is 12.1. The van der Waals surface area contributed by atoms with Gasteiger partial charge in [-0.1, -0.05) is 53.5 Å². The van der Waals surface area contributed by atoms with E-state index in [0.717, 1.165) is 49.5 Å². The van der Waals surface area contributed by atoms with E-state index in [2.05, 4.69) is 44.4 Å². The van der Waals surface area contributed by atoms with Crippen LogP contribution in [-0.2, 0) is 27.1 Å². The van der Waals surface area contributed by atoms with Crippen molar-refractivity contribution in [2.45, 2.75) is 18.9 Å². The lowest BCUT2D eigenvalue weighted by molar-refractivity contribution is -0.131. The highest BCUT2D eigenvalue weighted by Gasteiger charge is 2.32. The average molecular weight is 701 g/mol. The molecule has 10 nitrogen and oxygen atoms in total. The molecular weight excluding hydrogens is 665 g/mol. The number of hydrogen-bond acceptors (Lipinski definition) is 8. The molecule has 0 radical (unpaired) electrons. The SMILES string of the molecule is O=C(Nc1ccc(Oc2ccc3c(c2)CCN3CC(=O)N2CCN(C(Cc3ccccc3)C3=COCO3)CC2)nc1)c1ccc(Cl)c(Cl)c1. The molecule has 4 aromatic rings. The van der Waals surface area contributed by atoms with Gasteiger partial charge in [0.2, 0.25) is 18.6 Å². The number of rotatable bonds is 10. The molecule has 49 heavy (non-hydrogen) atoms. The first-order chi connectivity index (χ1) is 23.9. The quantitative estimate of drug-likeness (QED) is 0.203. The lowest BCUT2D eigenvalue weighted by Crippen LogP contribution is -2.54. The van der Waals surface area contributed by atoms with Gasteiger partial charge in [0.05, 0.1) is 34.5 Å². The van der Waals surface area contributed by atoms with Crippen molar-refractivity contribution < 1.29 is 23.8 Å². The topological polar surface area (TPSA) is 96.5 Å². The molecule has 3 aliphatic rings. The fraction of sp³-hybridized carbons (Fsp3) is 0.270. The van der Waals surface area contributed by atoms with Gasteiger partial charge in [0.15, 0.2) is 5.76 Å². The van der Waals surface area contributed by atoms with Crippen LogP contribution < -0.4 is 15.0 Å². The van der Waals surface area contributed by atoms with Gasteiger partial charge >= 0.3 is 0 Å². The molecule has 1 unspecified atom stereocenters. The summed E-state index contributed by atoms with van der Waals surface area (Å²) in [6.45, 7) is 4.20. The maximum Gasteiger partial charge on any atom is 0.255 e. The summed E-state index contributed by atoms with van der Waals surface area (Å²) in [5, 5.41) is 3.48. The van der Waals surface area contributed by atoms with E-state index in [0.29, 0.717) is 52.6 Å². The van der Waals surface area contributed by atoms with Crippen LogP contribution in [0.25, 0.3) is 0 Å². The number of aromatic nitrogens is 1. The Balaban J connectivity index is 0.912. The van der Waals surface area contributed by atoms with Gasteiger partial charge < -0.3 is 29.3 Å². The Hall–Kier alpha value is -4.77. The summed E-state index contributed by atoms with van der Waals surface area (Å²) >= 11 is 12.0. The van der Waals surface area contributed by atoms with Crippen molar-refractivity contribution in [2.24, 2.45) is 0 Å². The van der Waals surface area contributed by atoms with E-state index in [1.165, 1.54) is 17.8 Å². The summed E-state index contributed by atoms with van der Waals surface area (Å²) in [5.74, 6) is 1.69. The first-order valence-electron chi connectivity index (χ1n) is 16.2. The third-order valence-electron chi connectivity index (χ3n) is 8.97. The van der Waals surface area contributed by atoms with Gasteiger partial charge in [-0.05, 0) is 66.4 Å². The summed E-state index contributed by atoms with van der Waals surface area (Å²) < 4.78 is 17.2. The molecule has 1 fully saturated rings. The van der Waals surface area contributed by atoms with Crippen molar-refractivity contribution >= 4 is 46.4 Å². The number of nitrogens with zero attached hydrogens (tertiary/aromatic N) is 4. The molecule has 3 aromatic carbocycles. The van der Waals surface area contributed by atoms with Crippen molar-refractivity contribution in [3.63, 3.8) is 0 Å². The number of ether oxygens (including phenoxy) is 3. The van der Waals surface area contributed by atoms with Gasteiger partial charge in [-0.2, -0.15) is 0 Å². The molecule has 3 aliphatic heterocycles. The highest BCUT2D eigenvalue weighted by atomic mass is 35.5. The van der Waals surface area contributed by atoms with Crippen LogP contribution in [0.3, 0.4) is 0 Å². The number of carbonyl (C=O) groups is 2. The van der Waals surface area contributed by atoms with Crippen LogP contribution in [0.4, 0.5) is 11.4 Å². The second-order valence-corrected chi connectivity index (χ2v) is 12.9. The van der Waals surface area contributed by atoms with E-state index < -0.39 is 0 Å². The fourth-order valence-electron chi connectivity index (χ4n) is 6.37. The third-order valence-corrected chi connectivity index (χ3v) is 9.71. The highest BCUT2D eigenvalue weighted by molar-refractivity contribution is 6.42. The molecule has 1 atom stereocenters. The smallest absolute Gasteiger partial charge is 0.255 e. The minimum Gasteiger partial charge on any atom is -0.462 e. The van der Waals surface area contributed by atoms with Crippen LogP contribution in [0.15, 0.2) is 97.1 Å². The number of nitrogens with one attached hydrogen (secondary N) is 1. The third kappa shape index (κ3) is 7.77.